The summed E-state index contributed by atoms with van der Waals surface area (Å²) in [5.74, 6) is 0. The van der Waals surface area contributed by atoms with Gasteiger partial charge in [-0.3, -0.25) is 0 Å². The Morgan fingerprint density at radius 3 is 2.87 bits per heavy atom. The van der Waals surface area contributed by atoms with Crippen molar-refractivity contribution in [2.75, 3.05) is 5.32 Å². The molecule has 1 nitrogen and oxygen atoms in total. The van der Waals surface area contributed by atoms with E-state index in [1.54, 1.807) is 11.3 Å². The Labute approximate surface area is 101 Å². The first-order valence-corrected chi connectivity index (χ1v) is 6.64. The first-order valence-electron chi connectivity index (χ1n) is 4.90. The van der Waals surface area contributed by atoms with Crippen molar-refractivity contribution in [2.45, 2.75) is 12.5 Å². The minimum absolute atomic E-state index is 0.433. The van der Waals surface area contributed by atoms with Crippen LogP contribution in [0.25, 0.3) is 0 Å². The van der Waals surface area contributed by atoms with Crippen LogP contribution in [0.4, 0.5) is 5.69 Å². The van der Waals surface area contributed by atoms with E-state index in [4.69, 9.17) is 0 Å². The van der Waals surface area contributed by atoms with Crippen molar-refractivity contribution in [3.05, 3.63) is 50.6 Å². The molecule has 0 fully saturated rings. The van der Waals surface area contributed by atoms with Crippen LogP contribution in [0.15, 0.2) is 39.5 Å². The summed E-state index contributed by atoms with van der Waals surface area (Å²) in [4.78, 5) is 0. The number of nitrogens with one attached hydrogen (secondary N) is 1. The summed E-state index contributed by atoms with van der Waals surface area (Å²) in [5, 5.41) is 7.91. The van der Waals surface area contributed by atoms with Gasteiger partial charge in [0.25, 0.3) is 0 Å². The Morgan fingerprint density at radius 1 is 1.27 bits per heavy atom. The van der Waals surface area contributed by atoms with Gasteiger partial charge in [-0.15, -0.1) is 0 Å². The molecular formula is C12H10BrNS. The van der Waals surface area contributed by atoms with Gasteiger partial charge in [0.1, 0.15) is 0 Å². The molecule has 1 N–H and O–H groups in total. The van der Waals surface area contributed by atoms with Crippen LogP contribution in [0, 0.1) is 0 Å². The molecule has 1 aliphatic rings. The fourth-order valence-electron chi connectivity index (χ4n) is 2.03. The summed E-state index contributed by atoms with van der Waals surface area (Å²) in [6.07, 6.45) is 1.09. The van der Waals surface area contributed by atoms with Crippen LogP contribution in [0.2, 0.25) is 0 Å². The van der Waals surface area contributed by atoms with Gasteiger partial charge in [0.05, 0.1) is 6.04 Å². The maximum absolute atomic E-state index is 3.59. The van der Waals surface area contributed by atoms with Gasteiger partial charge in [-0.05, 0) is 44.9 Å². The van der Waals surface area contributed by atoms with Gasteiger partial charge >= 0.3 is 0 Å². The number of fused-ring (bicyclic) bond motifs is 1. The SMILES string of the molecule is Brc1cscc1C1Cc2ccccc2N1. The molecule has 1 aliphatic heterocycles. The Morgan fingerprint density at radius 2 is 2.13 bits per heavy atom. The lowest BCUT2D eigenvalue weighted by atomic mass is 10.1. The quantitative estimate of drug-likeness (QED) is 0.824. The molecule has 76 valence electrons. The van der Waals surface area contributed by atoms with Crippen molar-refractivity contribution >= 4 is 33.0 Å². The second-order valence-electron chi connectivity index (χ2n) is 3.73. The zero-order valence-electron chi connectivity index (χ0n) is 8.03. The van der Waals surface area contributed by atoms with E-state index >= 15 is 0 Å². The molecule has 0 saturated heterocycles. The molecular weight excluding hydrogens is 270 g/mol. The third kappa shape index (κ3) is 1.60. The Balaban J connectivity index is 1.94. The number of hydrogen-bond donors (Lipinski definition) is 1. The van der Waals surface area contributed by atoms with Crippen molar-refractivity contribution in [3.8, 4) is 0 Å². The van der Waals surface area contributed by atoms with Crippen molar-refractivity contribution < 1.29 is 0 Å². The number of para-hydroxylation sites is 1. The highest BCUT2D eigenvalue weighted by Crippen LogP contribution is 2.37. The molecule has 1 unspecified atom stereocenters. The molecule has 1 aromatic heterocycles. The van der Waals surface area contributed by atoms with Crippen molar-refractivity contribution in [1.29, 1.82) is 0 Å². The summed E-state index contributed by atoms with van der Waals surface area (Å²) < 4.78 is 1.22. The molecule has 3 heteroatoms. The van der Waals surface area contributed by atoms with E-state index in [1.165, 1.54) is 21.3 Å². The van der Waals surface area contributed by atoms with E-state index in [0.717, 1.165) is 6.42 Å². The highest BCUT2D eigenvalue weighted by Gasteiger charge is 2.23. The van der Waals surface area contributed by atoms with E-state index in [0.29, 0.717) is 6.04 Å². The molecule has 2 heterocycles. The van der Waals surface area contributed by atoms with E-state index in [-0.39, 0.29) is 0 Å². The first kappa shape index (κ1) is 9.43. The lowest BCUT2D eigenvalue weighted by molar-refractivity contribution is 0.824. The average molecular weight is 280 g/mol. The maximum atomic E-state index is 3.59. The van der Waals surface area contributed by atoms with E-state index in [9.17, 15) is 0 Å². The summed E-state index contributed by atoms with van der Waals surface area (Å²) in [5.41, 5.74) is 4.07. The van der Waals surface area contributed by atoms with E-state index in [2.05, 4.69) is 56.3 Å². The molecule has 0 radical (unpaired) electrons. The number of hydrogen-bond acceptors (Lipinski definition) is 2. The monoisotopic (exact) mass is 279 g/mol. The average Bonchev–Trinajstić information content (AvgIpc) is 2.82. The van der Waals surface area contributed by atoms with Crippen LogP contribution in [-0.4, -0.2) is 0 Å². The number of anilines is 1. The van der Waals surface area contributed by atoms with Gasteiger partial charge in [0, 0.05) is 15.5 Å². The third-order valence-corrected chi connectivity index (χ3v) is 4.54. The fourth-order valence-corrected chi connectivity index (χ4v) is 3.65. The summed E-state index contributed by atoms with van der Waals surface area (Å²) in [6, 6.07) is 8.96. The largest absolute Gasteiger partial charge is 0.378 e. The highest BCUT2D eigenvalue weighted by molar-refractivity contribution is 9.10. The Bertz CT molecular complexity index is 467. The smallest absolute Gasteiger partial charge is 0.0574 e. The summed E-state index contributed by atoms with van der Waals surface area (Å²) in [7, 11) is 0. The normalized spacial score (nSPS) is 18.6. The van der Waals surface area contributed by atoms with Crippen LogP contribution in [0.5, 0.6) is 0 Å². The van der Waals surface area contributed by atoms with Crippen molar-refractivity contribution in [2.24, 2.45) is 0 Å². The maximum Gasteiger partial charge on any atom is 0.0574 e. The van der Waals surface area contributed by atoms with Crippen molar-refractivity contribution in [3.63, 3.8) is 0 Å². The topological polar surface area (TPSA) is 12.0 Å². The third-order valence-electron chi connectivity index (χ3n) is 2.79. The van der Waals surface area contributed by atoms with E-state index in [1.807, 2.05) is 0 Å². The van der Waals surface area contributed by atoms with Gasteiger partial charge in [0.15, 0.2) is 0 Å². The Hall–Kier alpha value is -0.800. The van der Waals surface area contributed by atoms with Crippen LogP contribution < -0.4 is 5.32 Å². The van der Waals surface area contributed by atoms with Gasteiger partial charge < -0.3 is 5.32 Å². The van der Waals surface area contributed by atoms with Crippen LogP contribution >= 0.6 is 27.3 Å². The zero-order valence-corrected chi connectivity index (χ0v) is 10.4. The van der Waals surface area contributed by atoms with Gasteiger partial charge in [-0.2, -0.15) is 11.3 Å². The van der Waals surface area contributed by atoms with E-state index < -0.39 is 0 Å². The number of halogens is 1. The molecule has 15 heavy (non-hydrogen) atoms. The number of thiophene rings is 1. The molecule has 3 rings (SSSR count). The van der Waals surface area contributed by atoms with Crippen LogP contribution in [-0.2, 0) is 6.42 Å². The number of rotatable bonds is 1. The van der Waals surface area contributed by atoms with Crippen LogP contribution in [0.3, 0.4) is 0 Å². The predicted molar refractivity (Wildman–Crippen MR) is 68.5 cm³/mol. The highest BCUT2D eigenvalue weighted by atomic mass is 79.9. The molecule has 1 atom stereocenters. The molecule has 0 spiro atoms. The van der Waals surface area contributed by atoms with Gasteiger partial charge in [0.2, 0.25) is 0 Å². The molecule has 2 aromatic rings. The fraction of sp³-hybridized carbons (Fsp3) is 0.167. The molecule has 0 aliphatic carbocycles. The second kappa shape index (κ2) is 3.65. The van der Waals surface area contributed by atoms with Crippen molar-refractivity contribution in [1.82, 2.24) is 0 Å². The minimum Gasteiger partial charge on any atom is -0.378 e. The van der Waals surface area contributed by atoms with Gasteiger partial charge in [-0.25, -0.2) is 0 Å². The van der Waals surface area contributed by atoms with Gasteiger partial charge in [-0.1, -0.05) is 18.2 Å². The number of benzene rings is 1. The first-order chi connectivity index (χ1) is 7.34. The molecule has 0 bridgehead atoms. The lowest BCUT2D eigenvalue weighted by Gasteiger charge is -2.09. The standard InChI is InChI=1S/C12H10BrNS/c13-10-7-15-6-9(10)12-5-8-3-1-2-4-11(8)14-12/h1-4,6-7,12,14H,5H2. The predicted octanol–water partition coefficient (Wildman–Crippen LogP) is 4.22. The lowest BCUT2D eigenvalue weighted by Crippen LogP contribution is -2.04. The van der Waals surface area contributed by atoms with Crippen LogP contribution in [0.1, 0.15) is 17.2 Å². The molecule has 1 aromatic carbocycles. The molecule has 0 saturated carbocycles. The summed E-state index contributed by atoms with van der Waals surface area (Å²) >= 11 is 5.34. The summed E-state index contributed by atoms with van der Waals surface area (Å²) in [6.45, 7) is 0. The second-order valence-corrected chi connectivity index (χ2v) is 5.33. The Kier molecular flexibility index (Phi) is 2.29. The molecule has 0 amide bonds. The zero-order chi connectivity index (χ0) is 10.3. The minimum atomic E-state index is 0.433.